The van der Waals surface area contributed by atoms with Gasteiger partial charge in [0.25, 0.3) is 0 Å². The van der Waals surface area contributed by atoms with Crippen molar-refractivity contribution in [2.24, 2.45) is 5.92 Å². The minimum Gasteiger partial charge on any atom is -0.534 e. The second kappa shape index (κ2) is 8.65. The summed E-state index contributed by atoms with van der Waals surface area (Å²) in [5, 5.41) is 0. The molecule has 0 spiro atoms. The Bertz CT molecular complexity index is 593. The summed E-state index contributed by atoms with van der Waals surface area (Å²) in [6, 6.07) is 8.96. The fourth-order valence-corrected chi connectivity index (χ4v) is 4.39. The maximum absolute atomic E-state index is 6.02. The third-order valence-electron chi connectivity index (χ3n) is 6.04. The lowest BCUT2D eigenvalue weighted by atomic mass is 9.68. The molecule has 1 aromatic carbocycles. The van der Waals surface area contributed by atoms with E-state index in [2.05, 4.69) is 58.5 Å². The van der Waals surface area contributed by atoms with Gasteiger partial charge in [0.2, 0.25) is 0 Å². The topological polar surface area (TPSA) is 18.5 Å². The van der Waals surface area contributed by atoms with Crippen LogP contribution in [0.5, 0.6) is 0 Å². The first-order valence-electron chi connectivity index (χ1n) is 10.4. The van der Waals surface area contributed by atoms with Crippen LogP contribution in [0.4, 0.5) is 0 Å². The van der Waals surface area contributed by atoms with Gasteiger partial charge >= 0.3 is 7.12 Å². The first kappa shape index (κ1) is 21.1. The van der Waals surface area contributed by atoms with Crippen molar-refractivity contribution in [1.82, 2.24) is 0 Å². The zero-order valence-electron chi connectivity index (χ0n) is 17.7. The summed E-state index contributed by atoms with van der Waals surface area (Å²) in [4.78, 5) is 0. The molecule has 0 radical (unpaired) electrons. The van der Waals surface area contributed by atoms with Crippen LogP contribution in [-0.2, 0) is 14.7 Å². The Kier molecular flexibility index (Phi) is 7.02. The molecule has 144 valence electrons. The van der Waals surface area contributed by atoms with E-state index < -0.39 is 5.60 Å². The number of hydrogen-bond acceptors (Lipinski definition) is 2. The van der Waals surface area contributed by atoms with Crippen molar-refractivity contribution in [1.29, 1.82) is 0 Å². The molecule has 2 unspecified atom stereocenters. The second-order valence-electron chi connectivity index (χ2n) is 8.60. The minimum atomic E-state index is -0.422. The summed E-state index contributed by atoms with van der Waals surface area (Å²) in [5.41, 5.74) is 2.39. The summed E-state index contributed by atoms with van der Waals surface area (Å²) in [6.45, 7) is 17.3. The number of hydrogen-bond donors (Lipinski definition) is 0. The average Bonchev–Trinajstić information content (AvgIpc) is 2.88. The Morgan fingerprint density at radius 2 is 1.77 bits per heavy atom. The average molecular weight is 356 g/mol. The molecule has 0 amide bonds. The van der Waals surface area contributed by atoms with Crippen LogP contribution in [-0.4, -0.2) is 12.7 Å². The van der Waals surface area contributed by atoms with E-state index in [1.807, 2.05) is 13.8 Å². The van der Waals surface area contributed by atoms with Gasteiger partial charge in [-0.05, 0) is 55.5 Å². The highest BCUT2D eigenvalue weighted by molar-refractivity contribution is 6.62. The van der Waals surface area contributed by atoms with Gasteiger partial charge in [0.1, 0.15) is 5.60 Å². The highest BCUT2D eigenvalue weighted by Crippen LogP contribution is 2.40. The van der Waals surface area contributed by atoms with Crippen molar-refractivity contribution in [3.8, 4) is 0 Å². The van der Waals surface area contributed by atoms with Crippen molar-refractivity contribution >= 4 is 12.6 Å². The lowest BCUT2D eigenvalue weighted by Gasteiger charge is -2.36. The van der Waals surface area contributed by atoms with E-state index in [1.165, 1.54) is 44.1 Å². The van der Waals surface area contributed by atoms with Gasteiger partial charge in [-0.1, -0.05) is 77.8 Å². The summed E-state index contributed by atoms with van der Waals surface area (Å²) >= 11 is 0. The molecule has 1 fully saturated rings. The summed E-state index contributed by atoms with van der Waals surface area (Å²) < 4.78 is 11.9. The first-order valence-corrected chi connectivity index (χ1v) is 10.4. The van der Waals surface area contributed by atoms with Gasteiger partial charge in [0.05, 0.1) is 5.76 Å². The third kappa shape index (κ3) is 4.54. The second-order valence-corrected chi connectivity index (χ2v) is 8.60. The molecule has 26 heavy (non-hydrogen) atoms. The molecule has 2 atom stereocenters. The number of benzene rings is 1. The monoisotopic (exact) mass is 356 g/mol. The van der Waals surface area contributed by atoms with Crippen LogP contribution < -0.4 is 5.46 Å². The Labute approximate surface area is 161 Å². The first-order chi connectivity index (χ1) is 12.3. The van der Waals surface area contributed by atoms with E-state index in [1.54, 1.807) is 0 Å². The maximum Gasteiger partial charge on any atom is 0.563 e. The van der Waals surface area contributed by atoms with Gasteiger partial charge in [-0.25, -0.2) is 0 Å². The van der Waals surface area contributed by atoms with E-state index in [-0.39, 0.29) is 12.5 Å². The molecule has 2 rings (SSSR count). The van der Waals surface area contributed by atoms with E-state index in [9.17, 15) is 0 Å². The van der Waals surface area contributed by atoms with Gasteiger partial charge in [-0.3, -0.25) is 0 Å². The molecule has 0 N–H and O–H groups in total. The fourth-order valence-electron chi connectivity index (χ4n) is 4.39. The zero-order chi connectivity index (χ0) is 19.4. The zero-order valence-corrected chi connectivity index (χ0v) is 17.7. The molecule has 1 aliphatic heterocycles. The highest BCUT2D eigenvalue weighted by atomic mass is 16.7. The van der Waals surface area contributed by atoms with Gasteiger partial charge in [-0.2, -0.15) is 0 Å². The molecule has 0 saturated carbocycles. The molecule has 3 heteroatoms. The van der Waals surface area contributed by atoms with E-state index >= 15 is 0 Å². The van der Waals surface area contributed by atoms with Crippen LogP contribution in [0, 0.1) is 5.92 Å². The lowest BCUT2D eigenvalue weighted by molar-refractivity contribution is 0.173. The molecular weight excluding hydrogens is 319 g/mol. The molecule has 1 aliphatic rings. The lowest BCUT2D eigenvalue weighted by Crippen LogP contribution is -2.35. The summed E-state index contributed by atoms with van der Waals surface area (Å²) in [5.74, 6) is 1.46. The molecular formula is C23H37BO2. The predicted octanol–water partition coefficient (Wildman–Crippen LogP) is 6.00. The normalized spacial score (nSPS) is 19.9. The van der Waals surface area contributed by atoms with Crippen molar-refractivity contribution in [2.75, 3.05) is 0 Å². The van der Waals surface area contributed by atoms with Crippen LogP contribution in [0.3, 0.4) is 0 Å². The smallest absolute Gasteiger partial charge is 0.534 e. The van der Waals surface area contributed by atoms with E-state index in [0.29, 0.717) is 5.76 Å². The van der Waals surface area contributed by atoms with Crippen molar-refractivity contribution < 1.29 is 9.31 Å². The third-order valence-corrected chi connectivity index (χ3v) is 6.04. The predicted molar refractivity (Wildman–Crippen MR) is 113 cm³/mol. The van der Waals surface area contributed by atoms with Crippen molar-refractivity contribution in [3.63, 3.8) is 0 Å². The molecule has 1 heterocycles. The van der Waals surface area contributed by atoms with Crippen LogP contribution in [0.25, 0.3) is 0 Å². The van der Waals surface area contributed by atoms with Gasteiger partial charge in [-0.15, -0.1) is 0 Å². The Balaban J connectivity index is 2.23. The van der Waals surface area contributed by atoms with Gasteiger partial charge in [0.15, 0.2) is 0 Å². The van der Waals surface area contributed by atoms with Crippen molar-refractivity contribution in [2.45, 2.75) is 91.1 Å². The van der Waals surface area contributed by atoms with Gasteiger partial charge in [0, 0.05) is 0 Å². The van der Waals surface area contributed by atoms with Crippen LogP contribution in [0.15, 0.2) is 36.6 Å². The summed E-state index contributed by atoms with van der Waals surface area (Å²) in [6.07, 6.45) is 7.50. The number of rotatable bonds is 9. The molecule has 1 aromatic rings. The molecule has 0 aromatic heterocycles. The largest absolute Gasteiger partial charge is 0.563 e. The Morgan fingerprint density at radius 1 is 1.12 bits per heavy atom. The Morgan fingerprint density at radius 3 is 2.23 bits per heavy atom. The highest BCUT2D eigenvalue weighted by Gasteiger charge is 2.43. The van der Waals surface area contributed by atoms with Crippen LogP contribution >= 0.6 is 0 Å². The molecule has 0 bridgehead atoms. The molecule has 0 aliphatic carbocycles. The molecule has 1 saturated heterocycles. The Hall–Kier alpha value is -1.22. The molecule has 2 nitrogen and oxygen atoms in total. The van der Waals surface area contributed by atoms with Crippen LogP contribution in [0.1, 0.15) is 85.6 Å². The van der Waals surface area contributed by atoms with Crippen molar-refractivity contribution in [3.05, 3.63) is 42.2 Å². The fraction of sp³-hybridized carbons (Fsp3) is 0.652. The quantitative estimate of drug-likeness (QED) is 0.506. The standard InChI is InChI=1S/C23H37BO2/c1-8-11-18(4)17-23(10-3,16-9-2)20-12-14-21(15-13-20)24-25-19(5)22(6,7)26-24/h12-15,18H,5,8-11,16-17H2,1-4,6-7H3. The summed E-state index contributed by atoms with van der Waals surface area (Å²) in [7, 11) is -0.340. The maximum atomic E-state index is 6.02. The minimum absolute atomic E-state index is 0.280. The van der Waals surface area contributed by atoms with E-state index in [4.69, 9.17) is 9.31 Å². The SMILES string of the molecule is C=C1OB(c2ccc(C(CC)(CCC)CC(C)CCC)cc2)OC1(C)C. The van der Waals surface area contributed by atoms with Gasteiger partial charge < -0.3 is 9.31 Å². The van der Waals surface area contributed by atoms with Crippen LogP contribution in [0.2, 0.25) is 0 Å². The van der Waals surface area contributed by atoms with E-state index in [0.717, 1.165) is 11.4 Å².